The van der Waals surface area contributed by atoms with Gasteiger partial charge in [0.05, 0.1) is 13.2 Å². The van der Waals surface area contributed by atoms with Gasteiger partial charge in [-0.2, -0.15) is 8.78 Å². The highest BCUT2D eigenvalue weighted by atomic mass is 19.3. The first-order valence-electron chi connectivity index (χ1n) is 10.1. The Morgan fingerprint density at radius 3 is 1.74 bits per heavy atom. The number of aryl methyl sites for hydroxylation is 2. The van der Waals surface area contributed by atoms with Gasteiger partial charge in [-0.05, 0) is 37.8 Å². The predicted octanol–water partition coefficient (Wildman–Crippen LogP) is 4.57. The lowest BCUT2D eigenvalue weighted by Crippen LogP contribution is -2.31. The summed E-state index contributed by atoms with van der Waals surface area (Å²) in [6.07, 6.45) is 0.434. The van der Waals surface area contributed by atoms with Gasteiger partial charge >= 0.3 is 17.9 Å². The van der Waals surface area contributed by atoms with Crippen LogP contribution < -0.4 is 0 Å². The van der Waals surface area contributed by atoms with Crippen LogP contribution in [0.3, 0.4) is 0 Å². The van der Waals surface area contributed by atoms with E-state index in [1.165, 1.54) is 6.92 Å². The Balaban J connectivity index is 0.000000311. The molecule has 2 rings (SSSR count). The largest absolute Gasteiger partial charge is 0.462 e. The van der Waals surface area contributed by atoms with Crippen LogP contribution in [0.1, 0.15) is 37.8 Å². The maximum absolute atomic E-state index is 13.2. The normalized spacial score (nSPS) is 10.5. The van der Waals surface area contributed by atoms with Crippen LogP contribution in [0.2, 0.25) is 0 Å². The van der Waals surface area contributed by atoms with Crippen LogP contribution in [-0.4, -0.2) is 36.9 Å². The van der Waals surface area contributed by atoms with Gasteiger partial charge in [-0.1, -0.05) is 60.7 Å². The Hall–Kier alpha value is -3.09. The SMILES string of the molecule is CCOC(=O)C(=O)CCc1ccccc1.CCOC(=O)C(F)(F)CCc1ccccc1. The van der Waals surface area contributed by atoms with E-state index in [2.05, 4.69) is 9.47 Å². The van der Waals surface area contributed by atoms with E-state index in [4.69, 9.17) is 0 Å². The van der Waals surface area contributed by atoms with Gasteiger partial charge in [0, 0.05) is 12.8 Å². The molecule has 2 aromatic carbocycles. The molecule has 0 spiro atoms. The molecule has 0 amide bonds. The number of benzene rings is 2. The molecular weight excluding hydrogens is 406 g/mol. The number of Topliss-reactive ketones (excluding diaryl/α,β-unsaturated/α-hetero) is 1. The van der Waals surface area contributed by atoms with Crippen molar-refractivity contribution in [2.24, 2.45) is 0 Å². The summed E-state index contributed by atoms with van der Waals surface area (Å²) in [5.74, 6) is -6.02. The van der Waals surface area contributed by atoms with Crippen molar-refractivity contribution in [1.29, 1.82) is 0 Å². The zero-order valence-electron chi connectivity index (χ0n) is 17.8. The highest BCUT2D eigenvalue weighted by Crippen LogP contribution is 2.22. The van der Waals surface area contributed by atoms with Gasteiger partial charge in [0.25, 0.3) is 0 Å². The lowest BCUT2D eigenvalue weighted by atomic mass is 10.1. The fourth-order valence-corrected chi connectivity index (χ4v) is 2.50. The summed E-state index contributed by atoms with van der Waals surface area (Å²) in [5.41, 5.74) is 1.83. The highest BCUT2D eigenvalue weighted by Gasteiger charge is 2.39. The maximum Gasteiger partial charge on any atom is 0.376 e. The summed E-state index contributed by atoms with van der Waals surface area (Å²) in [6.45, 7) is 3.41. The third kappa shape index (κ3) is 10.5. The molecule has 0 radical (unpaired) electrons. The van der Waals surface area contributed by atoms with E-state index >= 15 is 0 Å². The minimum atomic E-state index is -3.40. The van der Waals surface area contributed by atoms with Gasteiger partial charge in [0.2, 0.25) is 5.78 Å². The third-order valence-electron chi connectivity index (χ3n) is 4.13. The van der Waals surface area contributed by atoms with Gasteiger partial charge < -0.3 is 9.47 Å². The van der Waals surface area contributed by atoms with Gasteiger partial charge in [0.15, 0.2) is 0 Å². The summed E-state index contributed by atoms with van der Waals surface area (Å²) >= 11 is 0. The number of hydrogen-bond acceptors (Lipinski definition) is 5. The van der Waals surface area contributed by atoms with Crippen molar-refractivity contribution in [2.75, 3.05) is 13.2 Å². The standard InChI is InChI=1S/C12H14F2O2.C12H14O3/c1-2-16-11(15)12(13,14)9-8-10-6-4-3-5-7-10;1-2-15-12(14)11(13)9-8-10-6-4-3-5-7-10/h3-7H,2,8-9H2,1H3;3-7H,2,8-9H2,1H3. The lowest BCUT2D eigenvalue weighted by Gasteiger charge is -2.14. The molecule has 0 aliphatic heterocycles. The van der Waals surface area contributed by atoms with Crippen LogP contribution in [0, 0.1) is 0 Å². The van der Waals surface area contributed by atoms with E-state index < -0.39 is 30.1 Å². The van der Waals surface area contributed by atoms with E-state index in [0.29, 0.717) is 6.42 Å². The van der Waals surface area contributed by atoms with Crippen LogP contribution in [0.25, 0.3) is 0 Å². The molecule has 168 valence electrons. The molecule has 2 aromatic rings. The monoisotopic (exact) mass is 434 g/mol. The summed E-state index contributed by atoms with van der Waals surface area (Å²) in [7, 11) is 0. The first-order valence-corrected chi connectivity index (χ1v) is 10.1. The van der Waals surface area contributed by atoms with E-state index in [1.807, 2.05) is 36.4 Å². The number of rotatable bonds is 10. The molecule has 0 aromatic heterocycles. The molecule has 0 fully saturated rings. The predicted molar refractivity (Wildman–Crippen MR) is 113 cm³/mol. The highest BCUT2D eigenvalue weighted by molar-refractivity contribution is 6.33. The number of hydrogen-bond donors (Lipinski definition) is 0. The van der Waals surface area contributed by atoms with Gasteiger partial charge in [-0.25, -0.2) is 9.59 Å². The molecule has 0 atom stereocenters. The van der Waals surface area contributed by atoms with Crippen molar-refractivity contribution < 1.29 is 32.6 Å². The first kappa shape index (κ1) is 25.9. The van der Waals surface area contributed by atoms with E-state index in [9.17, 15) is 23.2 Å². The molecule has 0 bridgehead atoms. The number of ether oxygens (including phenoxy) is 2. The lowest BCUT2D eigenvalue weighted by molar-refractivity contribution is -0.172. The molecule has 0 unspecified atom stereocenters. The van der Waals surface area contributed by atoms with Crippen LogP contribution >= 0.6 is 0 Å². The van der Waals surface area contributed by atoms with Crippen molar-refractivity contribution in [1.82, 2.24) is 0 Å². The first-order chi connectivity index (χ1) is 14.8. The fraction of sp³-hybridized carbons (Fsp3) is 0.375. The maximum atomic E-state index is 13.2. The molecule has 5 nitrogen and oxygen atoms in total. The third-order valence-corrected chi connectivity index (χ3v) is 4.13. The molecule has 0 aliphatic carbocycles. The number of carbonyl (C=O) groups is 3. The van der Waals surface area contributed by atoms with Gasteiger partial charge in [0.1, 0.15) is 0 Å². The minimum absolute atomic E-state index is 0.0280. The smallest absolute Gasteiger partial charge is 0.376 e. The van der Waals surface area contributed by atoms with E-state index in [0.717, 1.165) is 11.1 Å². The molecule has 31 heavy (non-hydrogen) atoms. The number of esters is 2. The Morgan fingerprint density at radius 2 is 1.26 bits per heavy atom. The zero-order valence-corrected chi connectivity index (χ0v) is 17.8. The van der Waals surface area contributed by atoms with Gasteiger partial charge in [-0.3, -0.25) is 4.79 Å². The second-order valence-electron chi connectivity index (χ2n) is 6.54. The molecule has 0 aliphatic rings. The number of halogens is 2. The minimum Gasteiger partial charge on any atom is -0.462 e. The fourth-order valence-electron chi connectivity index (χ4n) is 2.50. The molecule has 0 saturated carbocycles. The molecule has 7 heteroatoms. The Bertz CT molecular complexity index is 807. The number of alkyl halides is 2. The summed E-state index contributed by atoms with van der Waals surface area (Å²) < 4.78 is 35.3. The number of ketones is 1. The number of carbonyl (C=O) groups excluding carboxylic acids is 3. The Kier molecular flexibility index (Phi) is 11.7. The molecule has 0 heterocycles. The summed E-state index contributed by atoms with van der Waals surface area (Å²) in [5, 5.41) is 0. The topological polar surface area (TPSA) is 69.7 Å². The van der Waals surface area contributed by atoms with Crippen molar-refractivity contribution in [3.8, 4) is 0 Å². The second-order valence-corrected chi connectivity index (χ2v) is 6.54. The van der Waals surface area contributed by atoms with Crippen molar-refractivity contribution in [3.05, 3.63) is 71.8 Å². The average Bonchev–Trinajstić information content (AvgIpc) is 2.78. The van der Waals surface area contributed by atoms with Crippen LogP contribution in [0.4, 0.5) is 8.78 Å². The van der Waals surface area contributed by atoms with Crippen LogP contribution in [0.5, 0.6) is 0 Å². The quantitative estimate of drug-likeness (QED) is 0.405. The van der Waals surface area contributed by atoms with Crippen LogP contribution in [-0.2, 0) is 36.7 Å². The van der Waals surface area contributed by atoms with E-state index in [-0.39, 0.29) is 26.1 Å². The van der Waals surface area contributed by atoms with Crippen molar-refractivity contribution >= 4 is 17.7 Å². The average molecular weight is 434 g/mol. The molecule has 0 saturated heterocycles. The summed E-state index contributed by atoms with van der Waals surface area (Å²) in [6, 6.07) is 18.5. The van der Waals surface area contributed by atoms with Gasteiger partial charge in [-0.15, -0.1) is 0 Å². The summed E-state index contributed by atoms with van der Waals surface area (Å²) in [4.78, 5) is 33.1. The Morgan fingerprint density at radius 1 is 0.774 bits per heavy atom. The van der Waals surface area contributed by atoms with E-state index in [1.54, 1.807) is 31.2 Å². The second kappa shape index (κ2) is 14.0. The van der Waals surface area contributed by atoms with Crippen LogP contribution in [0.15, 0.2) is 60.7 Å². The zero-order chi connectivity index (χ0) is 23.1. The Labute approximate surface area is 181 Å². The van der Waals surface area contributed by atoms with Crippen molar-refractivity contribution in [2.45, 2.75) is 45.5 Å². The molecular formula is C24H28F2O5. The van der Waals surface area contributed by atoms with Crippen molar-refractivity contribution in [3.63, 3.8) is 0 Å². The molecule has 0 N–H and O–H groups in total.